The number of benzene rings is 2. The van der Waals surface area contributed by atoms with Gasteiger partial charge < -0.3 is 9.30 Å². The first-order valence-corrected chi connectivity index (χ1v) is 8.12. The van der Waals surface area contributed by atoms with Crippen molar-refractivity contribution in [1.82, 2.24) is 14.5 Å². The van der Waals surface area contributed by atoms with Crippen LogP contribution in [0.3, 0.4) is 0 Å². The van der Waals surface area contributed by atoms with Crippen LogP contribution in [0.4, 0.5) is 0 Å². The lowest BCUT2D eigenvalue weighted by molar-refractivity contribution is -0.142. The van der Waals surface area contributed by atoms with E-state index < -0.39 is 0 Å². The van der Waals surface area contributed by atoms with Crippen LogP contribution in [0.2, 0.25) is 0 Å². The lowest BCUT2D eigenvalue weighted by Gasteiger charge is -2.10. The number of hydrogen-bond donors (Lipinski definition) is 0. The van der Waals surface area contributed by atoms with Crippen molar-refractivity contribution < 1.29 is 9.53 Å². The molecule has 0 saturated heterocycles. The maximum atomic E-state index is 11.2. The van der Waals surface area contributed by atoms with E-state index in [4.69, 9.17) is 4.74 Å². The Labute approximate surface area is 144 Å². The second-order valence-corrected chi connectivity index (χ2v) is 5.89. The van der Waals surface area contributed by atoms with E-state index in [0.29, 0.717) is 12.4 Å². The molecule has 0 aliphatic heterocycles. The Morgan fingerprint density at radius 1 is 1.04 bits per heavy atom. The maximum absolute atomic E-state index is 11.2. The minimum atomic E-state index is -0.318. The lowest BCUT2D eigenvalue weighted by Crippen LogP contribution is -2.09. The van der Waals surface area contributed by atoms with Gasteiger partial charge >= 0.3 is 5.97 Å². The van der Waals surface area contributed by atoms with Gasteiger partial charge in [-0.3, -0.25) is 9.78 Å². The molecule has 0 aliphatic carbocycles. The third-order valence-electron chi connectivity index (χ3n) is 4.15. The molecule has 2 aromatic carbocycles. The van der Waals surface area contributed by atoms with Crippen molar-refractivity contribution in [3.8, 4) is 0 Å². The highest BCUT2D eigenvalue weighted by atomic mass is 16.5. The van der Waals surface area contributed by atoms with Gasteiger partial charge in [-0.25, -0.2) is 4.98 Å². The maximum Gasteiger partial charge on any atom is 0.303 e. The van der Waals surface area contributed by atoms with E-state index in [1.165, 1.54) is 6.92 Å². The molecular formula is C20H17N3O2. The molecule has 0 amide bonds. The van der Waals surface area contributed by atoms with E-state index in [9.17, 15) is 4.79 Å². The number of rotatable bonds is 4. The molecule has 0 N–H and O–H groups in total. The van der Waals surface area contributed by atoms with Crippen LogP contribution in [0.15, 0.2) is 60.8 Å². The molecule has 0 radical (unpaired) electrons. The van der Waals surface area contributed by atoms with Crippen LogP contribution in [-0.4, -0.2) is 20.5 Å². The molecular weight excluding hydrogens is 314 g/mol. The molecule has 2 aromatic heterocycles. The number of imidazole rings is 1. The first kappa shape index (κ1) is 15.3. The van der Waals surface area contributed by atoms with Gasteiger partial charge in [-0.05, 0) is 11.6 Å². The first-order chi connectivity index (χ1) is 12.2. The predicted octanol–water partition coefficient (Wildman–Crippen LogP) is 3.70. The fourth-order valence-electron chi connectivity index (χ4n) is 3.02. The average Bonchev–Trinajstić information content (AvgIpc) is 2.99. The number of ether oxygens (including phenoxy) is 1. The molecule has 0 saturated carbocycles. The Morgan fingerprint density at radius 3 is 2.60 bits per heavy atom. The van der Waals surface area contributed by atoms with Gasteiger partial charge in [0.2, 0.25) is 0 Å². The number of nitrogens with zero attached hydrogens (tertiary/aromatic N) is 3. The summed E-state index contributed by atoms with van der Waals surface area (Å²) in [5.41, 5.74) is 3.89. The molecule has 0 fully saturated rings. The van der Waals surface area contributed by atoms with Crippen molar-refractivity contribution in [2.45, 2.75) is 20.1 Å². The fraction of sp³-hybridized carbons (Fsp3) is 0.150. The minimum Gasteiger partial charge on any atom is -0.458 e. The van der Waals surface area contributed by atoms with E-state index in [2.05, 4.69) is 26.7 Å². The highest BCUT2D eigenvalue weighted by molar-refractivity contribution is 6.02. The number of fused-ring (bicyclic) bond motifs is 3. The average molecular weight is 331 g/mol. The standard InChI is InChI=1S/C20H17N3O2/c1-14(24)25-13-19-22-18-11-21-17-10-6-5-9-16(17)20(18)23(19)12-15-7-3-2-4-8-15/h2-11H,12-13H2,1H3. The summed E-state index contributed by atoms with van der Waals surface area (Å²) in [6, 6.07) is 18.2. The van der Waals surface area contributed by atoms with Gasteiger partial charge in [-0.2, -0.15) is 0 Å². The van der Waals surface area contributed by atoms with Gasteiger partial charge in [0.25, 0.3) is 0 Å². The highest BCUT2D eigenvalue weighted by Gasteiger charge is 2.15. The molecule has 25 heavy (non-hydrogen) atoms. The van der Waals surface area contributed by atoms with Crippen molar-refractivity contribution in [1.29, 1.82) is 0 Å². The van der Waals surface area contributed by atoms with Crippen molar-refractivity contribution in [2.75, 3.05) is 0 Å². The van der Waals surface area contributed by atoms with E-state index >= 15 is 0 Å². The summed E-state index contributed by atoms with van der Waals surface area (Å²) in [6.07, 6.45) is 1.77. The number of pyridine rings is 1. The van der Waals surface area contributed by atoms with Crippen LogP contribution < -0.4 is 0 Å². The first-order valence-electron chi connectivity index (χ1n) is 8.12. The zero-order valence-electron chi connectivity index (χ0n) is 13.8. The van der Waals surface area contributed by atoms with Crippen LogP contribution in [0.25, 0.3) is 21.9 Å². The van der Waals surface area contributed by atoms with Crippen LogP contribution in [0, 0.1) is 0 Å². The third-order valence-corrected chi connectivity index (χ3v) is 4.15. The third kappa shape index (κ3) is 2.96. The monoisotopic (exact) mass is 331 g/mol. The zero-order chi connectivity index (χ0) is 17.2. The van der Waals surface area contributed by atoms with E-state index in [0.717, 1.165) is 27.5 Å². The largest absolute Gasteiger partial charge is 0.458 e. The lowest BCUT2D eigenvalue weighted by atomic mass is 10.2. The van der Waals surface area contributed by atoms with Gasteiger partial charge in [0, 0.05) is 18.9 Å². The summed E-state index contributed by atoms with van der Waals surface area (Å²) in [5, 5.41) is 1.04. The normalized spacial score (nSPS) is 11.1. The minimum absolute atomic E-state index is 0.144. The van der Waals surface area contributed by atoms with Crippen LogP contribution in [0.5, 0.6) is 0 Å². The fourth-order valence-corrected chi connectivity index (χ4v) is 3.02. The van der Waals surface area contributed by atoms with E-state index in [1.54, 1.807) is 6.20 Å². The SMILES string of the molecule is CC(=O)OCc1nc2cnc3ccccc3c2n1Cc1ccccc1. The Morgan fingerprint density at radius 2 is 1.80 bits per heavy atom. The Hall–Kier alpha value is -3.21. The number of esters is 1. The second kappa shape index (κ2) is 6.36. The van der Waals surface area contributed by atoms with Crippen LogP contribution in [-0.2, 0) is 22.7 Å². The van der Waals surface area contributed by atoms with Gasteiger partial charge in [-0.15, -0.1) is 0 Å². The number of hydrogen-bond acceptors (Lipinski definition) is 4. The van der Waals surface area contributed by atoms with Gasteiger partial charge in [0.15, 0.2) is 0 Å². The van der Waals surface area contributed by atoms with Crippen molar-refractivity contribution >= 4 is 27.9 Å². The molecule has 0 atom stereocenters. The molecule has 0 aliphatic rings. The molecule has 0 spiro atoms. The van der Waals surface area contributed by atoms with Crippen molar-refractivity contribution in [3.63, 3.8) is 0 Å². The number of carbonyl (C=O) groups is 1. The molecule has 2 heterocycles. The molecule has 4 rings (SSSR count). The van der Waals surface area contributed by atoms with Crippen molar-refractivity contribution in [3.05, 3.63) is 72.2 Å². The zero-order valence-corrected chi connectivity index (χ0v) is 13.8. The molecule has 4 aromatic rings. The quantitative estimate of drug-likeness (QED) is 0.535. The van der Waals surface area contributed by atoms with Crippen LogP contribution in [0.1, 0.15) is 18.3 Å². The molecule has 5 nitrogen and oxygen atoms in total. The van der Waals surface area contributed by atoms with Gasteiger partial charge in [0.05, 0.1) is 17.2 Å². The van der Waals surface area contributed by atoms with Crippen molar-refractivity contribution in [2.24, 2.45) is 0 Å². The summed E-state index contributed by atoms with van der Waals surface area (Å²) in [5.74, 6) is 0.397. The smallest absolute Gasteiger partial charge is 0.303 e. The van der Waals surface area contributed by atoms with Gasteiger partial charge in [0.1, 0.15) is 17.9 Å². The summed E-state index contributed by atoms with van der Waals surface area (Å²) < 4.78 is 7.31. The second-order valence-electron chi connectivity index (χ2n) is 5.89. The number of aromatic nitrogens is 3. The molecule has 124 valence electrons. The molecule has 0 bridgehead atoms. The van der Waals surface area contributed by atoms with E-state index in [-0.39, 0.29) is 12.6 Å². The Balaban J connectivity index is 1.92. The summed E-state index contributed by atoms with van der Waals surface area (Å²) in [4.78, 5) is 20.4. The van der Waals surface area contributed by atoms with E-state index in [1.807, 2.05) is 42.5 Å². The van der Waals surface area contributed by atoms with Gasteiger partial charge in [-0.1, -0.05) is 48.5 Å². The highest BCUT2D eigenvalue weighted by Crippen LogP contribution is 2.26. The molecule has 0 unspecified atom stereocenters. The summed E-state index contributed by atoms with van der Waals surface area (Å²) in [7, 11) is 0. The predicted molar refractivity (Wildman–Crippen MR) is 96.0 cm³/mol. The Bertz CT molecular complexity index is 1050. The molecule has 5 heteroatoms. The number of carbonyl (C=O) groups excluding carboxylic acids is 1. The Kier molecular flexibility index (Phi) is 3.90. The topological polar surface area (TPSA) is 57.0 Å². The summed E-state index contributed by atoms with van der Waals surface area (Å²) >= 11 is 0. The summed E-state index contributed by atoms with van der Waals surface area (Å²) in [6.45, 7) is 2.20. The van der Waals surface area contributed by atoms with Crippen LogP contribution >= 0.6 is 0 Å². The number of para-hydroxylation sites is 1.